The number of carbonyl (C=O) groups excluding carboxylic acids is 1. The number of aromatic nitrogens is 2. The molecular weight excluding hydrogens is 300 g/mol. The van der Waals surface area contributed by atoms with Gasteiger partial charge in [-0.05, 0) is 29.4 Å². The Hall–Kier alpha value is -2.10. The molecule has 4 heteroatoms. The van der Waals surface area contributed by atoms with E-state index >= 15 is 0 Å². The summed E-state index contributed by atoms with van der Waals surface area (Å²) in [6, 6.07) is 4.34. The zero-order chi connectivity index (χ0) is 18.1. The zero-order valence-corrected chi connectivity index (χ0v) is 15.8. The second kappa shape index (κ2) is 6.42. The van der Waals surface area contributed by atoms with E-state index in [1.165, 1.54) is 5.56 Å². The summed E-state index contributed by atoms with van der Waals surface area (Å²) in [6.45, 7) is 15.6. The van der Waals surface area contributed by atoms with E-state index in [0.717, 1.165) is 23.2 Å². The molecule has 0 saturated carbocycles. The summed E-state index contributed by atoms with van der Waals surface area (Å²) in [5, 5.41) is 7.01. The van der Waals surface area contributed by atoms with Crippen LogP contribution < -0.4 is 4.74 Å². The predicted molar refractivity (Wildman–Crippen MR) is 98.0 cm³/mol. The normalized spacial score (nSPS) is 12.3. The summed E-state index contributed by atoms with van der Waals surface area (Å²) in [4.78, 5) is 11.4. The molecule has 0 aliphatic heterocycles. The molecule has 24 heavy (non-hydrogen) atoms. The fourth-order valence-electron chi connectivity index (χ4n) is 2.71. The molecule has 1 N–H and O–H groups in total. The molecule has 0 amide bonds. The van der Waals surface area contributed by atoms with Crippen LogP contribution in [0.3, 0.4) is 0 Å². The van der Waals surface area contributed by atoms with E-state index in [9.17, 15) is 4.79 Å². The lowest BCUT2D eigenvalue weighted by molar-refractivity contribution is 0.112. The van der Waals surface area contributed by atoms with E-state index in [1.54, 1.807) is 6.20 Å². The van der Waals surface area contributed by atoms with Crippen molar-refractivity contribution in [2.45, 2.75) is 59.3 Å². The first-order valence-corrected chi connectivity index (χ1v) is 8.40. The van der Waals surface area contributed by atoms with Crippen LogP contribution in [0.15, 0.2) is 18.3 Å². The molecule has 0 saturated heterocycles. The number of aldehydes is 1. The second-order valence-electron chi connectivity index (χ2n) is 8.15. The van der Waals surface area contributed by atoms with Crippen LogP contribution in [0.4, 0.5) is 0 Å². The van der Waals surface area contributed by atoms with Gasteiger partial charge in [0, 0.05) is 11.1 Å². The first kappa shape index (κ1) is 18.2. The number of rotatable bonds is 4. The first-order valence-electron chi connectivity index (χ1n) is 8.40. The minimum absolute atomic E-state index is 0.0130. The van der Waals surface area contributed by atoms with Crippen molar-refractivity contribution in [3.63, 3.8) is 0 Å². The molecule has 0 aliphatic rings. The summed E-state index contributed by atoms with van der Waals surface area (Å²) >= 11 is 0. The molecule has 0 bridgehead atoms. The van der Waals surface area contributed by atoms with Gasteiger partial charge in [0.1, 0.15) is 5.75 Å². The third kappa shape index (κ3) is 3.53. The van der Waals surface area contributed by atoms with E-state index in [-0.39, 0.29) is 10.8 Å². The van der Waals surface area contributed by atoms with Crippen molar-refractivity contribution in [1.82, 2.24) is 10.2 Å². The van der Waals surface area contributed by atoms with Crippen molar-refractivity contribution in [2.75, 3.05) is 6.61 Å². The lowest BCUT2D eigenvalue weighted by Crippen LogP contribution is -2.18. The van der Waals surface area contributed by atoms with E-state index in [1.807, 2.05) is 6.92 Å². The molecule has 0 atom stereocenters. The Labute approximate surface area is 144 Å². The van der Waals surface area contributed by atoms with Crippen LogP contribution in [0, 0.1) is 0 Å². The van der Waals surface area contributed by atoms with E-state index in [0.29, 0.717) is 17.9 Å². The zero-order valence-electron chi connectivity index (χ0n) is 15.8. The monoisotopic (exact) mass is 328 g/mol. The van der Waals surface area contributed by atoms with Gasteiger partial charge in [-0.15, -0.1) is 0 Å². The fraction of sp³-hybridized carbons (Fsp3) is 0.500. The average Bonchev–Trinajstić information content (AvgIpc) is 2.93. The largest absolute Gasteiger partial charge is 0.493 e. The third-order valence-corrected chi connectivity index (χ3v) is 4.12. The van der Waals surface area contributed by atoms with Crippen molar-refractivity contribution in [3.8, 4) is 17.0 Å². The number of nitrogens with one attached hydrogen (secondary N) is 1. The van der Waals surface area contributed by atoms with Crippen LogP contribution >= 0.6 is 0 Å². The van der Waals surface area contributed by atoms with Crippen molar-refractivity contribution in [2.24, 2.45) is 0 Å². The third-order valence-electron chi connectivity index (χ3n) is 4.12. The Morgan fingerprint density at radius 1 is 1.12 bits per heavy atom. The minimum Gasteiger partial charge on any atom is -0.493 e. The van der Waals surface area contributed by atoms with E-state index in [4.69, 9.17) is 4.74 Å². The summed E-state index contributed by atoms with van der Waals surface area (Å²) in [6.07, 6.45) is 2.38. The van der Waals surface area contributed by atoms with Gasteiger partial charge in [0.05, 0.1) is 24.1 Å². The van der Waals surface area contributed by atoms with Gasteiger partial charge in [-0.3, -0.25) is 9.89 Å². The molecule has 4 nitrogen and oxygen atoms in total. The summed E-state index contributed by atoms with van der Waals surface area (Å²) in [5.74, 6) is 0.824. The lowest BCUT2D eigenvalue weighted by Gasteiger charge is -2.29. The molecule has 0 unspecified atom stereocenters. The molecule has 1 aromatic carbocycles. The highest BCUT2D eigenvalue weighted by molar-refractivity contribution is 5.87. The number of aromatic amines is 1. The highest BCUT2D eigenvalue weighted by Crippen LogP contribution is 2.42. The second-order valence-corrected chi connectivity index (χ2v) is 8.15. The lowest BCUT2D eigenvalue weighted by atomic mass is 9.78. The van der Waals surface area contributed by atoms with Crippen LogP contribution in [0.25, 0.3) is 11.3 Å². The van der Waals surface area contributed by atoms with Gasteiger partial charge >= 0.3 is 0 Å². The number of benzene rings is 1. The topological polar surface area (TPSA) is 55.0 Å². The number of ether oxygens (including phenoxy) is 1. The molecular formula is C20H28N2O2. The molecule has 0 radical (unpaired) electrons. The predicted octanol–water partition coefficient (Wildman–Crippen LogP) is 4.88. The van der Waals surface area contributed by atoms with E-state index < -0.39 is 0 Å². The van der Waals surface area contributed by atoms with Crippen molar-refractivity contribution in [3.05, 3.63) is 35.0 Å². The number of hydrogen-bond acceptors (Lipinski definition) is 3. The SMILES string of the molecule is CCOc1c(-c2[nH]ncc2C=O)cc(C(C)(C)C)cc1C(C)(C)C. The highest BCUT2D eigenvalue weighted by Gasteiger charge is 2.27. The number of H-pyrrole nitrogens is 1. The maximum absolute atomic E-state index is 11.4. The van der Waals surface area contributed by atoms with E-state index in [2.05, 4.69) is 63.9 Å². The van der Waals surface area contributed by atoms with Gasteiger partial charge in [-0.25, -0.2) is 0 Å². The number of nitrogens with zero attached hydrogens (tertiary/aromatic N) is 1. The number of carbonyl (C=O) groups is 1. The van der Waals surface area contributed by atoms with Gasteiger partial charge in [0.25, 0.3) is 0 Å². The highest BCUT2D eigenvalue weighted by atomic mass is 16.5. The Balaban J connectivity index is 2.87. The summed E-state index contributed by atoms with van der Waals surface area (Å²) < 4.78 is 6.02. The van der Waals surface area contributed by atoms with Gasteiger partial charge in [-0.2, -0.15) is 5.10 Å². The standard InChI is InChI=1S/C20H28N2O2/c1-8-24-18-15(17-13(12-23)11-21-22-17)9-14(19(2,3)4)10-16(18)20(5,6)7/h9-12H,8H2,1-7H3,(H,21,22). The van der Waals surface area contributed by atoms with Crippen LogP contribution in [0.2, 0.25) is 0 Å². The first-order chi connectivity index (χ1) is 11.1. The maximum atomic E-state index is 11.4. The van der Waals surface area contributed by atoms with Gasteiger partial charge < -0.3 is 4.74 Å². The Morgan fingerprint density at radius 2 is 1.79 bits per heavy atom. The van der Waals surface area contributed by atoms with Crippen molar-refractivity contribution >= 4 is 6.29 Å². The van der Waals surface area contributed by atoms with Crippen molar-refractivity contribution < 1.29 is 9.53 Å². The Bertz CT molecular complexity index is 731. The summed E-state index contributed by atoms with van der Waals surface area (Å²) in [7, 11) is 0. The fourth-order valence-corrected chi connectivity index (χ4v) is 2.71. The molecule has 130 valence electrons. The Morgan fingerprint density at radius 3 is 2.29 bits per heavy atom. The van der Waals surface area contributed by atoms with Gasteiger partial charge in [0.2, 0.25) is 0 Å². The van der Waals surface area contributed by atoms with Crippen LogP contribution in [-0.4, -0.2) is 23.1 Å². The van der Waals surface area contributed by atoms with Crippen LogP contribution in [0.5, 0.6) is 5.75 Å². The van der Waals surface area contributed by atoms with Gasteiger partial charge in [0.15, 0.2) is 6.29 Å². The Kier molecular flexibility index (Phi) is 4.88. The van der Waals surface area contributed by atoms with Crippen molar-refractivity contribution in [1.29, 1.82) is 0 Å². The molecule has 0 spiro atoms. The number of hydrogen-bond donors (Lipinski definition) is 1. The molecule has 1 aromatic heterocycles. The van der Waals surface area contributed by atoms with Gasteiger partial charge in [-0.1, -0.05) is 47.6 Å². The minimum atomic E-state index is -0.0815. The summed E-state index contributed by atoms with van der Waals surface area (Å²) in [5.41, 5.74) is 4.40. The molecule has 2 aromatic rings. The molecule has 2 rings (SSSR count). The molecule has 0 aliphatic carbocycles. The average molecular weight is 328 g/mol. The van der Waals surface area contributed by atoms with Crippen LogP contribution in [0.1, 0.15) is 70.0 Å². The quantitative estimate of drug-likeness (QED) is 0.814. The molecule has 1 heterocycles. The maximum Gasteiger partial charge on any atom is 0.153 e. The molecule has 0 fully saturated rings. The van der Waals surface area contributed by atoms with Crippen LogP contribution in [-0.2, 0) is 10.8 Å². The smallest absolute Gasteiger partial charge is 0.153 e.